The molecule has 0 spiro atoms. The third-order valence-electron chi connectivity index (χ3n) is 5.29. The van der Waals surface area contributed by atoms with Gasteiger partial charge in [-0.05, 0) is 34.5 Å². The van der Waals surface area contributed by atoms with E-state index in [1.165, 1.54) is 16.3 Å². The summed E-state index contributed by atoms with van der Waals surface area (Å²) < 4.78 is 11.6. The maximum Gasteiger partial charge on any atom is 0.124 e. The van der Waals surface area contributed by atoms with Gasteiger partial charge in [-0.15, -0.1) is 0 Å². The van der Waals surface area contributed by atoms with Gasteiger partial charge in [0, 0.05) is 43.3 Å². The van der Waals surface area contributed by atoms with Crippen LogP contribution in [0.15, 0.2) is 60.7 Å². The fourth-order valence-electron chi connectivity index (χ4n) is 3.70. The Hall–Kier alpha value is -2.11. The molecule has 1 aliphatic rings. The first-order valence-corrected chi connectivity index (χ1v) is 10.6. The van der Waals surface area contributed by atoms with Crippen molar-refractivity contribution in [3.63, 3.8) is 0 Å². The molecule has 0 unspecified atom stereocenters. The standard InChI is InChI=1S/C24H27ClN2O2/c25-21-6-3-4-19(16-21)18-29-24-9-8-20-5-1-2-7-22(20)23(24)17-26-10-11-27-12-14-28-15-13-27/h1-9,16,26H,10-15,17-18H2. The number of morpholine rings is 1. The minimum Gasteiger partial charge on any atom is -0.489 e. The molecule has 0 radical (unpaired) electrons. The van der Waals surface area contributed by atoms with E-state index in [4.69, 9.17) is 21.1 Å². The summed E-state index contributed by atoms with van der Waals surface area (Å²) in [7, 11) is 0. The van der Waals surface area contributed by atoms with Gasteiger partial charge >= 0.3 is 0 Å². The number of nitrogens with one attached hydrogen (secondary N) is 1. The number of rotatable bonds is 8. The lowest BCUT2D eigenvalue weighted by Crippen LogP contribution is -2.40. The molecule has 3 aromatic carbocycles. The molecule has 0 atom stereocenters. The molecular weight excluding hydrogens is 384 g/mol. The van der Waals surface area contributed by atoms with Crippen LogP contribution in [0.3, 0.4) is 0 Å². The molecule has 0 amide bonds. The van der Waals surface area contributed by atoms with Crippen molar-refractivity contribution in [1.29, 1.82) is 0 Å². The number of fused-ring (bicyclic) bond motifs is 1. The molecule has 152 valence electrons. The molecule has 0 aromatic heterocycles. The molecule has 1 N–H and O–H groups in total. The average molecular weight is 411 g/mol. The van der Waals surface area contributed by atoms with E-state index in [1.54, 1.807) is 0 Å². The van der Waals surface area contributed by atoms with Gasteiger partial charge in [0.2, 0.25) is 0 Å². The van der Waals surface area contributed by atoms with E-state index in [0.717, 1.165) is 62.3 Å². The van der Waals surface area contributed by atoms with Crippen LogP contribution in [0.5, 0.6) is 5.75 Å². The first-order valence-electron chi connectivity index (χ1n) is 10.2. The van der Waals surface area contributed by atoms with Crippen LogP contribution in [0.1, 0.15) is 11.1 Å². The largest absolute Gasteiger partial charge is 0.489 e. The molecule has 1 aliphatic heterocycles. The molecule has 4 nitrogen and oxygen atoms in total. The number of halogens is 1. The van der Waals surface area contributed by atoms with E-state index in [2.05, 4.69) is 46.6 Å². The van der Waals surface area contributed by atoms with Gasteiger partial charge in [0.05, 0.1) is 13.2 Å². The van der Waals surface area contributed by atoms with E-state index in [1.807, 2.05) is 24.3 Å². The molecule has 0 aliphatic carbocycles. The minimum absolute atomic E-state index is 0.500. The Kier molecular flexibility index (Phi) is 7.01. The van der Waals surface area contributed by atoms with Gasteiger partial charge in [0.25, 0.3) is 0 Å². The van der Waals surface area contributed by atoms with E-state index < -0.39 is 0 Å². The average Bonchev–Trinajstić information content (AvgIpc) is 2.76. The van der Waals surface area contributed by atoms with E-state index in [-0.39, 0.29) is 0 Å². The van der Waals surface area contributed by atoms with Gasteiger partial charge in [-0.3, -0.25) is 4.90 Å². The monoisotopic (exact) mass is 410 g/mol. The van der Waals surface area contributed by atoms with Gasteiger partial charge in [0.1, 0.15) is 12.4 Å². The lowest BCUT2D eigenvalue weighted by molar-refractivity contribution is 0.0384. The molecule has 4 rings (SSSR count). The van der Waals surface area contributed by atoms with Crippen molar-refractivity contribution in [2.45, 2.75) is 13.2 Å². The zero-order valence-electron chi connectivity index (χ0n) is 16.6. The highest BCUT2D eigenvalue weighted by atomic mass is 35.5. The second kappa shape index (κ2) is 10.1. The Labute approximate surface area is 177 Å². The summed E-state index contributed by atoms with van der Waals surface area (Å²) in [6, 6.07) is 20.5. The Morgan fingerprint density at radius 3 is 2.72 bits per heavy atom. The van der Waals surface area contributed by atoms with E-state index in [0.29, 0.717) is 6.61 Å². The van der Waals surface area contributed by atoms with Crippen LogP contribution < -0.4 is 10.1 Å². The van der Waals surface area contributed by atoms with Crippen LogP contribution >= 0.6 is 11.6 Å². The van der Waals surface area contributed by atoms with Crippen molar-refractivity contribution < 1.29 is 9.47 Å². The van der Waals surface area contributed by atoms with Gasteiger partial charge < -0.3 is 14.8 Å². The number of hydrogen-bond acceptors (Lipinski definition) is 4. The fraction of sp³-hybridized carbons (Fsp3) is 0.333. The first-order chi connectivity index (χ1) is 14.3. The number of hydrogen-bond donors (Lipinski definition) is 1. The number of benzene rings is 3. The maximum absolute atomic E-state index is 6.21. The SMILES string of the molecule is Clc1cccc(COc2ccc3ccccc3c2CNCCN2CCOCC2)c1. The molecule has 0 saturated carbocycles. The van der Waals surface area contributed by atoms with Crippen LogP contribution in [0.2, 0.25) is 5.02 Å². The van der Waals surface area contributed by atoms with Gasteiger partial charge in [-0.1, -0.05) is 54.1 Å². The Morgan fingerprint density at radius 2 is 1.86 bits per heavy atom. The fourth-order valence-corrected chi connectivity index (χ4v) is 3.91. The Balaban J connectivity index is 1.45. The maximum atomic E-state index is 6.21. The topological polar surface area (TPSA) is 33.7 Å². The zero-order valence-corrected chi connectivity index (χ0v) is 17.3. The van der Waals surface area contributed by atoms with Crippen LogP contribution in [0.4, 0.5) is 0 Å². The molecule has 29 heavy (non-hydrogen) atoms. The summed E-state index contributed by atoms with van der Waals surface area (Å²) >= 11 is 6.11. The van der Waals surface area contributed by atoms with Crippen LogP contribution in [-0.2, 0) is 17.9 Å². The van der Waals surface area contributed by atoms with Crippen LogP contribution in [0, 0.1) is 0 Å². The summed E-state index contributed by atoms with van der Waals surface area (Å²) in [5.74, 6) is 0.919. The van der Waals surface area contributed by atoms with Crippen LogP contribution in [-0.4, -0.2) is 44.3 Å². The van der Waals surface area contributed by atoms with Crippen molar-refractivity contribution >= 4 is 22.4 Å². The third-order valence-corrected chi connectivity index (χ3v) is 5.53. The van der Waals surface area contributed by atoms with Gasteiger partial charge in [0.15, 0.2) is 0 Å². The first kappa shape index (κ1) is 20.2. The predicted molar refractivity (Wildman–Crippen MR) is 119 cm³/mol. The quantitative estimate of drug-likeness (QED) is 0.554. The van der Waals surface area contributed by atoms with E-state index in [9.17, 15) is 0 Å². The van der Waals surface area contributed by atoms with E-state index >= 15 is 0 Å². The van der Waals surface area contributed by atoms with Gasteiger partial charge in [-0.2, -0.15) is 0 Å². The molecular formula is C24H27ClN2O2. The predicted octanol–water partition coefficient (Wildman–Crippen LogP) is 4.49. The highest BCUT2D eigenvalue weighted by Crippen LogP contribution is 2.29. The lowest BCUT2D eigenvalue weighted by atomic mass is 10.0. The summed E-state index contributed by atoms with van der Waals surface area (Å²) in [4.78, 5) is 2.44. The summed E-state index contributed by atoms with van der Waals surface area (Å²) in [6.45, 7) is 6.96. The molecule has 1 heterocycles. The molecule has 5 heteroatoms. The highest BCUT2D eigenvalue weighted by molar-refractivity contribution is 6.30. The molecule has 1 saturated heterocycles. The Bertz CT molecular complexity index is 941. The van der Waals surface area contributed by atoms with Crippen molar-refractivity contribution in [3.05, 3.63) is 76.8 Å². The molecule has 1 fully saturated rings. The second-order valence-electron chi connectivity index (χ2n) is 7.31. The summed E-state index contributed by atoms with van der Waals surface area (Å²) in [6.07, 6.45) is 0. The second-order valence-corrected chi connectivity index (χ2v) is 7.75. The zero-order chi connectivity index (χ0) is 19.9. The van der Waals surface area contributed by atoms with Crippen molar-refractivity contribution in [2.75, 3.05) is 39.4 Å². The third kappa shape index (κ3) is 5.49. The van der Waals surface area contributed by atoms with Crippen molar-refractivity contribution in [3.8, 4) is 5.75 Å². The Morgan fingerprint density at radius 1 is 1.00 bits per heavy atom. The highest BCUT2D eigenvalue weighted by Gasteiger charge is 2.11. The molecule has 3 aromatic rings. The molecule has 0 bridgehead atoms. The normalized spacial score (nSPS) is 14.9. The number of ether oxygens (including phenoxy) is 2. The van der Waals surface area contributed by atoms with Gasteiger partial charge in [-0.25, -0.2) is 0 Å². The number of nitrogens with zero attached hydrogens (tertiary/aromatic N) is 1. The van der Waals surface area contributed by atoms with Crippen molar-refractivity contribution in [1.82, 2.24) is 10.2 Å². The lowest BCUT2D eigenvalue weighted by Gasteiger charge is -2.26. The van der Waals surface area contributed by atoms with Crippen LogP contribution in [0.25, 0.3) is 10.8 Å². The van der Waals surface area contributed by atoms with Crippen molar-refractivity contribution in [2.24, 2.45) is 0 Å². The summed E-state index contributed by atoms with van der Waals surface area (Å²) in [5.41, 5.74) is 2.27. The smallest absolute Gasteiger partial charge is 0.124 e. The summed E-state index contributed by atoms with van der Waals surface area (Å²) in [5, 5.41) is 6.80. The minimum atomic E-state index is 0.500.